The molecular weight excluding hydrogens is 182 g/mol. The first kappa shape index (κ1) is 11.4. The molecule has 0 aromatic rings. The third-order valence-electron chi connectivity index (χ3n) is 4.70. The van der Waals surface area contributed by atoms with Gasteiger partial charge in [0.15, 0.2) is 0 Å². The Kier molecular flexibility index (Phi) is 4.49. The Morgan fingerprint density at radius 3 is 1.80 bits per heavy atom. The van der Waals surface area contributed by atoms with Crippen LogP contribution in [0.25, 0.3) is 0 Å². The number of rotatable bonds is 4. The third-order valence-corrected chi connectivity index (χ3v) is 4.70. The molecule has 1 atom stereocenters. The Labute approximate surface area is 95.0 Å². The van der Waals surface area contributed by atoms with Crippen LogP contribution in [-0.4, -0.2) is 13.6 Å². The van der Waals surface area contributed by atoms with Crippen molar-refractivity contribution in [2.75, 3.05) is 13.6 Å². The summed E-state index contributed by atoms with van der Waals surface area (Å²) in [6.45, 7) is 1.27. The second kappa shape index (κ2) is 5.89. The summed E-state index contributed by atoms with van der Waals surface area (Å²) in [5.74, 6) is 3.12. The molecular formula is C14H27N. The zero-order valence-corrected chi connectivity index (χ0v) is 10.3. The molecule has 2 fully saturated rings. The van der Waals surface area contributed by atoms with Gasteiger partial charge in [0, 0.05) is 0 Å². The van der Waals surface area contributed by atoms with Crippen LogP contribution < -0.4 is 5.32 Å². The molecule has 0 aliphatic heterocycles. The van der Waals surface area contributed by atoms with Crippen LogP contribution >= 0.6 is 0 Å². The predicted molar refractivity (Wildman–Crippen MR) is 65.9 cm³/mol. The standard InChI is InChI=1S/C14H27N/c1-15-11-14(13-9-6-10-13)12-7-4-2-3-5-8-12/h12-15H,2-11H2,1H3. The molecule has 0 bridgehead atoms. The topological polar surface area (TPSA) is 12.0 Å². The molecule has 2 aliphatic carbocycles. The smallest absolute Gasteiger partial charge is 0.00182 e. The summed E-state index contributed by atoms with van der Waals surface area (Å²) in [5, 5.41) is 3.43. The van der Waals surface area contributed by atoms with Gasteiger partial charge in [0.2, 0.25) is 0 Å². The highest BCUT2D eigenvalue weighted by Crippen LogP contribution is 2.41. The molecule has 0 spiro atoms. The minimum atomic E-state index is 1.00. The second-order valence-electron chi connectivity index (χ2n) is 5.66. The Bertz CT molecular complexity index is 166. The Hall–Kier alpha value is -0.0400. The van der Waals surface area contributed by atoms with Crippen LogP contribution in [0.2, 0.25) is 0 Å². The highest BCUT2D eigenvalue weighted by molar-refractivity contribution is 4.84. The molecule has 15 heavy (non-hydrogen) atoms. The van der Waals surface area contributed by atoms with Crippen LogP contribution in [0.5, 0.6) is 0 Å². The summed E-state index contributed by atoms with van der Waals surface area (Å²) in [6.07, 6.45) is 13.5. The van der Waals surface area contributed by atoms with E-state index in [1.807, 2.05) is 0 Å². The average molecular weight is 209 g/mol. The lowest BCUT2D eigenvalue weighted by atomic mass is 9.68. The van der Waals surface area contributed by atoms with Gasteiger partial charge in [-0.2, -0.15) is 0 Å². The molecule has 0 amide bonds. The number of nitrogens with one attached hydrogen (secondary N) is 1. The van der Waals surface area contributed by atoms with Crippen molar-refractivity contribution in [2.24, 2.45) is 17.8 Å². The monoisotopic (exact) mass is 209 g/mol. The maximum Gasteiger partial charge on any atom is -0.00182 e. The van der Waals surface area contributed by atoms with Crippen molar-refractivity contribution in [1.82, 2.24) is 5.32 Å². The molecule has 1 unspecified atom stereocenters. The van der Waals surface area contributed by atoms with E-state index in [2.05, 4.69) is 12.4 Å². The normalized spacial score (nSPS) is 27.0. The van der Waals surface area contributed by atoms with Crippen LogP contribution in [-0.2, 0) is 0 Å². The van der Waals surface area contributed by atoms with E-state index < -0.39 is 0 Å². The highest BCUT2D eigenvalue weighted by atomic mass is 14.8. The molecule has 1 nitrogen and oxygen atoms in total. The van der Waals surface area contributed by atoms with Crippen LogP contribution in [0.1, 0.15) is 57.8 Å². The summed E-state index contributed by atoms with van der Waals surface area (Å²) in [6, 6.07) is 0. The SMILES string of the molecule is CNCC(C1CCCCCC1)C1CCC1. The van der Waals surface area contributed by atoms with Crippen LogP contribution in [0.15, 0.2) is 0 Å². The van der Waals surface area contributed by atoms with Gasteiger partial charge in [-0.1, -0.05) is 57.8 Å². The molecule has 0 saturated heterocycles. The van der Waals surface area contributed by atoms with E-state index in [1.54, 1.807) is 0 Å². The summed E-state index contributed by atoms with van der Waals surface area (Å²) in [7, 11) is 2.13. The lowest BCUT2D eigenvalue weighted by Gasteiger charge is -2.38. The molecule has 2 rings (SSSR count). The van der Waals surface area contributed by atoms with E-state index in [0.717, 1.165) is 17.8 Å². The van der Waals surface area contributed by atoms with Crippen LogP contribution in [0.4, 0.5) is 0 Å². The van der Waals surface area contributed by atoms with Crippen molar-refractivity contribution in [3.05, 3.63) is 0 Å². The van der Waals surface area contributed by atoms with Crippen molar-refractivity contribution in [1.29, 1.82) is 0 Å². The van der Waals surface area contributed by atoms with E-state index in [9.17, 15) is 0 Å². The highest BCUT2D eigenvalue weighted by Gasteiger charge is 2.32. The zero-order valence-electron chi connectivity index (χ0n) is 10.3. The maximum atomic E-state index is 3.43. The van der Waals surface area contributed by atoms with Gasteiger partial charge in [0.1, 0.15) is 0 Å². The lowest BCUT2D eigenvalue weighted by molar-refractivity contribution is 0.132. The minimum Gasteiger partial charge on any atom is -0.319 e. The van der Waals surface area contributed by atoms with E-state index in [0.29, 0.717) is 0 Å². The molecule has 0 aromatic carbocycles. The zero-order chi connectivity index (χ0) is 10.5. The lowest BCUT2D eigenvalue weighted by Crippen LogP contribution is -2.35. The van der Waals surface area contributed by atoms with E-state index in [4.69, 9.17) is 0 Å². The second-order valence-corrected chi connectivity index (χ2v) is 5.66. The molecule has 2 aliphatic rings. The predicted octanol–water partition coefficient (Wildman–Crippen LogP) is 3.59. The van der Waals surface area contributed by atoms with Gasteiger partial charge in [-0.15, -0.1) is 0 Å². The van der Waals surface area contributed by atoms with E-state index in [-0.39, 0.29) is 0 Å². The number of hydrogen-bond donors (Lipinski definition) is 1. The quantitative estimate of drug-likeness (QED) is 0.698. The fraction of sp³-hybridized carbons (Fsp3) is 1.00. The Morgan fingerprint density at radius 2 is 1.40 bits per heavy atom. The van der Waals surface area contributed by atoms with Crippen LogP contribution in [0.3, 0.4) is 0 Å². The van der Waals surface area contributed by atoms with Gasteiger partial charge in [0.25, 0.3) is 0 Å². The Morgan fingerprint density at radius 1 is 0.867 bits per heavy atom. The fourth-order valence-electron chi connectivity index (χ4n) is 3.56. The van der Waals surface area contributed by atoms with Crippen LogP contribution in [0, 0.1) is 17.8 Å². The summed E-state index contributed by atoms with van der Waals surface area (Å²) >= 11 is 0. The van der Waals surface area contributed by atoms with Gasteiger partial charge in [-0.05, 0) is 31.3 Å². The first-order chi connectivity index (χ1) is 7.42. The maximum absolute atomic E-state index is 3.43. The van der Waals surface area contributed by atoms with Crippen molar-refractivity contribution in [3.63, 3.8) is 0 Å². The first-order valence-electron chi connectivity index (χ1n) is 7.06. The number of hydrogen-bond acceptors (Lipinski definition) is 1. The van der Waals surface area contributed by atoms with Crippen molar-refractivity contribution in [3.8, 4) is 0 Å². The molecule has 0 heterocycles. The summed E-state index contributed by atoms with van der Waals surface area (Å²) in [4.78, 5) is 0. The summed E-state index contributed by atoms with van der Waals surface area (Å²) in [5.41, 5.74) is 0. The average Bonchev–Trinajstić information content (AvgIpc) is 2.42. The van der Waals surface area contributed by atoms with Gasteiger partial charge >= 0.3 is 0 Å². The van der Waals surface area contributed by atoms with Gasteiger partial charge in [0.05, 0.1) is 0 Å². The summed E-state index contributed by atoms with van der Waals surface area (Å²) < 4.78 is 0. The first-order valence-corrected chi connectivity index (χ1v) is 7.06. The van der Waals surface area contributed by atoms with E-state index >= 15 is 0 Å². The fourth-order valence-corrected chi connectivity index (χ4v) is 3.56. The molecule has 0 aromatic heterocycles. The largest absolute Gasteiger partial charge is 0.319 e. The molecule has 1 N–H and O–H groups in total. The molecule has 0 radical (unpaired) electrons. The third kappa shape index (κ3) is 2.96. The van der Waals surface area contributed by atoms with Crippen molar-refractivity contribution < 1.29 is 0 Å². The van der Waals surface area contributed by atoms with Crippen molar-refractivity contribution >= 4 is 0 Å². The van der Waals surface area contributed by atoms with Gasteiger partial charge in [-0.25, -0.2) is 0 Å². The Balaban J connectivity index is 1.88. The molecule has 2 saturated carbocycles. The van der Waals surface area contributed by atoms with Gasteiger partial charge in [-0.3, -0.25) is 0 Å². The minimum absolute atomic E-state index is 1.00. The molecule has 88 valence electrons. The van der Waals surface area contributed by atoms with E-state index in [1.165, 1.54) is 64.3 Å². The van der Waals surface area contributed by atoms with Gasteiger partial charge < -0.3 is 5.32 Å². The van der Waals surface area contributed by atoms with Crippen molar-refractivity contribution in [2.45, 2.75) is 57.8 Å². The molecule has 1 heteroatoms.